The molecular formula is C13H11F. The number of benzene rings is 2. The van der Waals surface area contributed by atoms with Crippen LogP contribution in [0.3, 0.4) is 0 Å². The van der Waals surface area contributed by atoms with Gasteiger partial charge in [-0.1, -0.05) is 41.9 Å². The molecule has 0 radical (unpaired) electrons. The summed E-state index contributed by atoms with van der Waals surface area (Å²) in [6.07, 6.45) is 0. The molecule has 0 fully saturated rings. The fraction of sp³-hybridized carbons (Fsp3) is 0.0769. The van der Waals surface area contributed by atoms with Crippen molar-refractivity contribution in [3.8, 4) is 11.1 Å². The topological polar surface area (TPSA) is 0 Å². The highest BCUT2D eigenvalue weighted by Crippen LogP contribution is 2.19. The molecule has 0 atom stereocenters. The molecule has 0 bridgehead atoms. The van der Waals surface area contributed by atoms with Gasteiger partial charge in [0.1, 0.15) is 5.82 Å². The third-order valence-corrected chi connectivity index (χ3v) is 2.14. The minimum atomic E-state index is -0.365. The van der Waals surface area contributed by atoms with Crippen molar-refractivity contribution in [2.24, 2.45) is 0 Å². The smallest absolute Gasteiger partial charge is 0.123 e. The van der Waals surface area contributed by atoms with Crippen LogP contribution in [0.2, 0.25) is 0 Å². The lowest BCUT2D eigenvalue weighted by Gasteiger charge is -2.01. The van der Waals surface area contributed by atoms with Crippen molar-refractivity contribution in [3.05, 3.63) is 59.9 Å². The van der Waals surface area contributed by atoms with E-state index in [4.69, 9.17) is 1.37 Å². The van der Waals surface area contributed by atoms with Crippen LogP contribution in [-0.4, -0.2) is 0 Å². The summed E-state index contributed by atoms with van der Waals surface area (Å²) in [5, 5.41) is 0. The summed E-state index contributed by atoms with van der Waals surface area (Å²) < 4.78 is 20.5. The molecule has 0 N–H and O–H groups in total. The lowest BCUT2D eigenvalue weighted by Crippen LogP contribution is -1.79. The highest BCUT2D eigenvalue weighted by molar-refractivity contribution is 5.63. The van der Waals surface area contributed by atoms with Gasteiger partial charge >= 0.3 is 0 Å². The Labute approximate surface area is 84.4 Å². The van der Waals surface area contributed by atoms with Gasteiger partial charge in [0.05, 0.1) is 1.37 Å². The van der Waals surface area contributed by atoms with E-state index in [0.717, 1.165) is 11.1 Å². The van der Waals surface area contributed by atoms with Gasteiger partial charge < -0.3 is 0 Å². The van der Waals surface area contributed by atoms with Gasteiger partial charge in [-0.25, -0.2) is 4.39 Å². The van der Waals surface area contributed by atoms with Gasteiger partial charge in [0.25, 0.3) is 0 Å². The zero-order chi connectivity index (χ0) is 10.8. The maximum absolute atomic E-state index is 12.8. The molecule has 0 aliphatic rings. The van der Waals surface area contributed by atoms with Crippen LogP contribution in [-0.2, 0) is 0 Å². The quantitative estimate of drug-likeness (QED) is 0.637. The van der Waals surface area contributed by atoms with Gasteiger partial charge in [-0.05, 0) is 30.2 Å². The SMILES string of the molecule is [2H]c1cc(F)ccc1-c1ccc(C)cc1. The fourth-order valence-electron chi connectivity index (χ4n) is 1.32. The van der Waals surface area contributed by atoms with Gasteiger partial charge in [-0.3, -0.25) is 0 Å². The Bertz CT molecular complexity index is 474. The average molecular weight is 187 g/mol. The van der Waals surface area contributed by atoms with Crippen LogP contribution in [0.1, 0.15) is 6.93 Å². The summed E-state index contributed by atoms with van der Waals surface area (Å²) in [6, 6.07) is 12.3. The third kappa shape index (κ3) is 1.82. The Balaban J connectivity index is 2.49. The van der Waals surface area contributed by atoms with Crippen LogP contribution in [0, 0.1) is 12.7 Å². The van der Waals surface area contributed by atoms with Gasteiger partial charge in [0.2, 0.25) is 0 Å². The van der Waals surface area contributed by atoms with E-state index in [1.807, 2.05) is 31.2 Å². The Kier molecular flexibility index (Phi) is 2.00. The lowest BCUT2D eigenvalue weighted by atomic mass is 10.0. The zero-order valence-electron chi connectivity index (χ0n) is 8.92. The first-order valence-electron chi connectivity index (χ1n) is 5.00. The first-order chi connectivity index (χ1) is 7.16. The molecule has 0 spiro atoms. The van der Waals surface area contributed by atoms with E-state index < -0.39 is 0 Å². The molecule has 0 nitrogen and oxygen atoms in total. The maximum Gasteiger partial charge on any atom is 0.123 e. The number of rotatable bonds is 1. The fourth-order valence-corrected chi connectivity index (χ4v) is 1.32. The molecule has 2 aromatic rings. The molecular weight excluding hydrogens is 175 g/mol. The molecule has 0 unspecified atom stereocenters. The van der Waals surface area contributed by atoms with Crippen LogP contribution in [0.25, 0.3) is 11.1 Å². The van der Waals surface area contributed by atoms with E-state index in [1.54, 1.807) is 6.07 Å². The molecule has 0 saturated carbocycles. The van der Waals surface area contributed by atoms with E-state index in [2.05, 4.69) is 0 Å². The van der Waals surface area contributed by atoms with Gasteiger partial charge in [0.15, 0.2) is 0 Å². The number of halogens is 1. The first-order valence-corrected chi connectivity index (χ1v) is 4.50. The van der Waals surface area contributed by atoms with E-state index in [1.165, 1.54) is 17.7 Å². The van der Waals surface area contributed by atoms with Crippen LogP contribution in [0.15, 0.2) is 48.5 Å². The minimum absolute atomic E-state index is 0.221. The zero-order valence-corrected chi connectivity index (χ0v) is 7.92. The molecule has 2 aromatic carbocycles. The van der Waals surface area contributed by atoms with Crippen LogP contribution < -0.4 is 0 Å². The van der Waals surface area contributed by atoms with E-state index in [9.17, 15) is 4.39 Å². The monoisotopic (exact) mass is 187 g/mol. The Morgan fingerprint density at radius 3 is 2.21 bits per heavy atom. The van der Waals surface area contributed by atoms with Crippen molar-refractivity contribution in [2.45, 2.75) is 6.92 Å². The molecule has 70 valence electrons. The Morgan fingerprint density at radius 2 is 1.57 bits per heavy atom. The molecule has 0 amide bonds. The summed E-state index contributed by atoms with van der Waals surface area (Å²) >= 11 is 0. The number of hydrogen-bond donors (Lipinski definition) is 0. The van der Waals surface area contributed by atoms with Crippen molar-refractivity contribution < 1.29 is 5.76 Å². The van der Waals surface area contributed by atoms with Crippen molar-refractivity contribution in [3.63, 3.8) is 0 Å². The molecule has 0 aliphatic heterocycles. The van der Waals surface area contributed by atoms with E-state index in [-0.39, 0.29) is 11.9 Å². The van der Waals surface area contributed by atoms with Crippen molar-refractivity contribution in [2.75, 3.05) is 0 Å². The second kappa shape index (κ2) is 3.62. The summed E-state index contributed by atoms with van der Waals surface area (Å²) in [5.41, 5.74) is 2.88. The number of hydrogen-bond acceptors (Lipinski definition) is 0. The molecule has 2 rings (SSSR count). The summed E-state index contributed by atoms with van der Waals surface area (Å²) in [7, 11) is 0. The molecule has 0 saturated heterocycles. The molecule has 14 heavy (non-hydrogen) atoms. The Morgan fingerprint density at radius 1 is 0.929 bits per heavy atom. The van der Waals surface area contributed by atoms with Crippen LogP contribution in [0.5, 0.6) is 0 Å². The average Bonchev–Trinajstić information content (AvgIpc) is 2.20. The second-order valence-corrected chi connectivity index (χ2v) is 3.29. The molecule has 0 heterocycles. The molecule has 1 heteroatoms. The van der Waals surface area contributed by atoms with E-state index in [0.29, 0.717) is 0 Å². The summed E-state index contributed by atoms with van der Waals surface area (Å²) in [5.74, 6) is -0.365. The number of aryl methyl sites for hydroxylation is 1. The van der Waals surface area contributed by atoms with Crippen molar-refractivity contribution in [1.82, 2.24) is 0 Å². The summed E-state index contributed by atoms with van der Waals surface area (Å²) in [4.78, 5) is 0. The Hall–Kier alpha value is -1.63. The third-order valence-electron chi connectivity index (χ3n) is 2.14. The van der Waals surface area contributed by atoms with Gasteiger partial charge in [0, 0.05) is 0 Å². The highest BCUT2D eigenvalue weighted by Gasteiger charge is 1.96. The maximum atomic E-state index is 12.8. The van der Waals surface area contributed by atoms with Crippen molar-refractivity contribution >= 4 is 0 Å². The van der Waals surface area contributed by atoms with E-state index >= 15 is 0 Å². The van der Waals surface area contributed by atoms with Crippen molar-refractivity contribution in [1.29, 1.82) is 0 Å². The van der Waals surface area contributed by atoms with Gasteiger partial charge in [-0.15, -0.1) is 0 Å². The predicted octanol–water partition coefficient (Wildman–Crippen LogP) is 3.80. The standard InChI is InChI=1S/C13H11F/c1-10-2-4-11(5-3-10)12-6-8-13(14)9-7-12/h2-9H,1H3/i6D. The minimum Gasteiger partial charge on any atom is -0.207 e. The first kappa shape index (κ1) is 7.74. The van der Waals surface area contributed by atoms with Crippen LogP contribution in [0.4, 0.5) is 4.39 Å². The predicted molar refractivity (Wildman–Crippen MR) is 56.6 cm³/mol. The lowest BCUT2D eigenvalue weighted by molar-refractivity contribution is 0.628. The molecule has 0 aromatic heterocycles. The normalized spacial score (nSPS) is 11.1. The summed E-state index contributed by atoms with van der Waals surface area (Å²) in [6.45, 7) is 2.01. The second-order valence-electron chi connectivity index (χ2n) is 3.29. The van der Waals surface area contributed by atoms with Gasteiger partial charge in [-0.2, -0.15) is 0 Å². The largest absolute Gasteiger partial charge is 0.207 e. The van der Waals surface area contributed by atoms with Crippen LogP contribution >= 0.6 is 0 Å². The highest BCUT2D eigenvalue weighted by atomic mass is 19.1. The molecule has 0 aliphatic carbocycles.